The number of benzene rings is 4. The molecule has 194 valence electrons. The summed E-state index contributed by atoms with van der Waals surface area (Å²) in [5.41, 5.74) is 5.69. The lowest BCUT2D eigenvalue weighted by atomic mass is 9.93. The molecule has 4 aromatic rings. The monoisotopic (exact) mass is 507 g/mol. The maximum atomic E-state index is 6.15. The van der Waals surface area contributed by atoms with Gasteiger partial charge in [-0.2, -0.15) is 0 Å². The van der Waals surface area contributed by atoms with Gasteiger partial charge in [0.1, 0.15) is 24.7 Å². The Labute approximate surface area is 224 Å². The zero-order valence-electron chi connectivity index (χ0n) is 21.9. The van der Waals surface area contributed by atoms with E-state index in [1.54, 1.807) is 14.2 Å². The summed E-state index contributed by atoms with van der Waals surface area (Å²) in [5.74, 6) is 3.16. The van der Waals surface area contributed by atoms with E-state index < -0.39 is 0 Å². The minimum absolute atomic E-state index is 0.0712. The van der Waals surface area contributed by atoms with Crippen molar-refractivity contribution >= 4 is 6.08 Å². The van der Waals surface area contributed by atoms with E-state index in [-0.39, 0.29) is 6.04 Å². The number of methoxy groups -OCH3 is 2. The van der Waals surface area contributed by atoms with E-state index in [0.717, 1.165) is 52.7 Å². The van der Waals surface area contributed by atoms with E-state index in [9.17, 15) is 0 Å². The lowest BCUT2D eigenvalue weighted by molar-refractivity contribution is 0.283. The Bertz CT molecular complexity index is 1370. The van der Waals surface area contributed by atoms with Crippen LogP contribution in [0, 0.1) is 0 Å². The van der Waals surface area contributed by atoms with Crippen molar-refractivity contribution in [2.45, 2.75) is 25.7 Å². The van der Waals surface area contributed by atoms with Crippen molar-refractivity contribution in [2.24, 2.45) is 0 Å². The highest BCUT2D eigenvalue weighted by atomic mass is 16.5. The van der Waals surface area contributed by atoms with Crippen molar-refractivity contribution < 1.29 is 18.9 Å². The fourth-order valence-electron chi connectivity index (χ4n) is 4.68. The van der Waals surface area contributed by atoms with Crippen LogP contribution < -0.4 is 24.3 Å². The second-order valence-corrected chi connectivity index (χ2v) is 9.19. The molecular weight excluding hydrogens is 474 g/mol. The van der Waals surface area contributed by atoms with E-state index in [1.807, 2.05) is 54.6 Å². The standard InChI is InChI=1S/C33H33NO4/c1-35-31-16-14-24(19-27(31)23-37-28-11-7-4-8-12-28)13-15-30-29-21-32(36-2)33(20-26(29)17-18-34-30)38-22-25-9-5-3-6-10-25/h3-16,19-21,30,34H,17-18,22-23H2,1-2H3/b15-13+. The maximum absolute atomic E-state index is 6.15. The third-order valence-electron chi connectivity index (χ3n) is 6.68. The number of fused-ring (bicyclic) bond motifs is 1. The Morgan fingerprint density at radius 2 is 1.53 bits per heavy atom. The molecule has 0 aromatic heterocycles. The Morgan fingerprint density at radius 1 is 0.763 bits per heavy atom. The molecule has 1 aliphatic heterocycles. The molecule has 4 aromatic carbocycles. The molecule has 38 heavy (non-hydrogen) atoms. The molecule has 0 saturated carbocycles. The zero-order valence-corrected chi connectivity index (χ0v) is 21.9. The average molecular weight is 508 g/mol. The topological polar surface area (TPSA) is 49.0 Å². The summed E-state index contributed by atoms with van der Waals surface area (Å²) < 4.78 is 23.4. The second kappa shape index (κ2) is 12.3. The maximum Gasteiger partial charge on any atom is 0.161 e. The van der Waals surface area contributed by atoms with Crippen LogP contribution in [0.4, 0.5) is 0 Å². The van der Waals surface area contributed by atoms with Gasteiger partial charge in [0.15, 0.2) is 11.5 Å². The molecule has 1 unspecified atom stereocenters. The number of para-hydroxylation sites is 1. The van der Waals surface area contributed by atoms with Gasteiger partial charge in [-0.3, -0.25) is 0 Å². The van der Waals surface area contributed by atoms with E-state index in [0.29, 0.717) is 13.2 Å². The molecule has 0 fully saturated rings. The number of hydrogen-bond acceptors (Lipinski definition) is 5. The lowest BCUT2D eigenvalue weighted by Crippen LogP contribution is -2.28. The first kappa shape index (κ1) is 25.4. The largest absolute Gasteiger partial charge is 0.496 e. The van der Waals surface area contributed by atoms with Gasteiger partial charge in [0.25, 0.3) is 0 Å². The Morgan fingerprint density at radius 3 is 2.29 bits per heavy atom. The van der Waals surface area contributed by atoms with Crippen molar-refractivity contribution in [3.63, 3.8) is 0 Å². The van der Waals surface area contributed by atoms with Crippen molar-refractivity contribution in [1.82, 2.24) is 5.32 Å². The summed E-state index contributed by atoms with van der Waals surface area (Å²) in [4.78, 5) is 0. The van der Waals surface area contributed by atoms with E-state index in [1.165, 1.54) is 11.1 Å². The highest BCUT2D eigenvalue weighted by molar-refractivity contribution is 5.56. The van der Waals surface area contributed by atoms with Gasteiger partial charge < -0.3 is 24.3 Å². The van der Waals surface area contributed by atoms with Gasteiger partial charge >= 0.3 is 0 Å². The molecule has 1 aliphatic rings. The number of nitrogens with one attached hydrogen (secondary N) is 1. The van der Waals surface area contributed by atoms with Crippen LogP contribution >= 0.6 is 0 Å². The summed E-state index contributed by atoms with van der Waals surface area (Å²) >= 11 is 0. The third-order valence-corrected chi connectivity index (χ3v) is 6.68. The summed E-state index contributed by atoms with van der Waals surface area (Å²) in [6, 6.07) is 30.5. The zero-order chi connectivity index (χ0) is 26.2. The van der Waals surface area contributed by atoms with Crippen molar-refractivity contribution in [2.75, 3.05) is 20.8 Å². The van der Waals surface area contributed by atoms with Gasteiger partial charge in [0, 0.05) is 12.1 Å². The molecule has 0 amide bonds. The van der Waals surface area contributed by atoms with Gasteiger partial charge in [0.05, 0.1) is 20.3 Å². The quantitative estimate of drug-likeness (QED) is 0.257. The van der Waals surface area contributed by atoms with Crippen molar-refractivity contribution in [3.8, 4) is 23.0 Å². The van der Waals surface area contributed by atoms with Crippen LogP contribution in [0.3, 0.4) is 0 Å². The fourth-order valence-corrected chi connectivity index (χ4v) is 4.68. The van der Waals surface area contributed by atoms with Crippen LogP contribution in [0.15, 0.2) is 97.1 Å². The molecule has 0 saturated heterocycles. The molecule has 1 N–H and O–H groups in total. The first-order chi connectivity index (χ1) is 18.7. The molecule has 0 radical (unpaired) electrons. The van der Waals surface area contributed by atoms with Crippen LogP contribution in [0.2, 0.25) is 0 Å². The van der Waals surface area contributed by atoms with Crippen LogP contribution in [0.25, 0.3) is 6.08 Å². The summed E-state index contributed by atoms with van der Waals surface area (Å²) in [5, 5.41) is 3.63. The molecule has 5 heteroatoms. The number of hydrogen-bond donors (Lipinski definition) is 1. The Kier molecular flexibility index (Phi) is 8.26. The lowest BCUT2D eigenvalue weighted by Gasteiger charge is -2.26. The first-order valence-electron chi connectivity index (χ1n) is 12.9. The van der Waals surface area contributed by atoms with Gasteiger partial charge in [-0.25, -0.2) is 0 Å². The predicted octanol–water partition coefficient (Wildman–Crippen LogP) is 6.76. The van der Waals surface area contributed by atoms with Crippen LogP contribution in [-0.2, 0) is 19.6 Å². The van der Waals surface area contributed by atoms with Crippen molar-refractivity contribution in [3.05, 3.63) is 125 Å². The highest BCUT2D eigenvalue weighted by Gasteiger charge is 2.21. The normalized spacial score (nSPS) is 14.6. The molecule has 0 spiro atoms. The highest BCUT2D eigenvalue weighted by Crippen LogP contribution is 2.36. The second-order valence-electron chi connectivity index (χ2n) is 9.19. The first-order valence-corrected chi connectivity index (χ1v) is 12.9. The molecule has 1 atom stereocenters. The van der Waals surface area contributed by atoms with Crippen LogP contribution in [0.1, 0.15) is 33.9 Å². The fraction of sp³-hybridized carbons (Fsp3) is 0.212. The molecule has 5 nitrogen and oxygen atoms in total. The van der Waals surface area contributed by atoms with Crippen molar-refractivity contribution in [1.29, 1.82) is 0 Å². The van der Waals surface area contributed by atoms with Gasteiger partial charge in [-0.05, 0) is 65.1 Å². The van der Waals surface area contributed by atoms with Gasteiger partial charge in [-0.15, -0.1) is 0 Å². The van der Waals surface area contributed by atoms with Crippen LogP contribution in [-0.4, -0.2) is 20.8 Å². The minimum atomic E-state index is 0.0712. The van der Waals surface area contributed by atoms with E-state index in [4.69, 9.17) is 18.9 Å². The van der Waals surface area contributed by atoms with Crippen LogP contribution in [0.5, 0.6) is 23.0 Å². The molecule has 0 bridgehead atoms. The average Bonchev–Trinajstić information content (AvgIpc) is 2.98. The Hall–Kier alpha value is -4.22. The predicted molar refractivity (Wildman–Crippen MR) is 151 cm³/mol. The Balaban J connectivity index is 1.33. The van der Waals surface area contributed by atoms with Gasteiger partial charge in [0.2, 0.25) is 0 Å². The SMILES string of the molecule is COc1ccc(/C=C/C2NCCc3cc(OCc4ccccc4)c(OC)cc32)cc1COc1ccccc1. The molecule has 5 rings (SSSR count). The summed E-state index contributed by atoms with van der Waals surface area (Å²) in [7, 11) is 3.37. The minimum Gasteiger partial charge on any atom is -0.496 e. The number of ether oxygens (including phenoxy) is 4. The van der Waals surface area contributed by atoms with E-state index >= 15 is 0 Å². The van der Waals surface area contributed by atoms with Gasteiger partial charge in [-0.1, -0.05) is 66.7 Å². The molecule has 1 heterocycles. The smallest absolute Gasteiger partial charge is 0.161 e. The summed E-state index contributed by atoms with van der Waals surface area (Å²) in [6.45, 7) is 1.83. The molecule has 0 aliphatic carbocycles. The molecular formula is C33H33NO4. The third kappa shape index (κ3) is 6.18. The summed E-state index contributed by atoms with van der Waals surface area (Å²) in [6.07, 6.45) is 5.28. The van der Waals surface area contributed by atoms with E-state index in [2.05, 4.69) is 53.9 Å². The number of rotatable bonds is 10.